The number of pyridine rings is 1. The Kier molecular flexibility index (Phi) is 5.21. The lowest BCUT2D eigenvalue weighted by atomic mass is 10.0. The minimum absolute atomic E-state index is 0.185. The zero-order valence-corrected chi connectivity index (χ0v) is 19.2. The van der Waals surface area contributed by atoms with Crippen LogP contribution in [0.4, 0.5) is 11.9 Å². The Morgan fingerprint density at radius 3 is 2.75 bits per heavy atom. The highest BCUT2D eigenvalue weighted by atomic mass is 16.3. The number of benzene rings is 1. The van der Waals surface area contributed by atoms with Crippen molar-refractivity contribution in [3.05, 3.63) is 88.9 Å². The van der Waals surface area contributed by atoms with Gasteiger partial charge in [-0.05, 0) is 30.0 Å². The molecule has 11 heteroatoms. The van der Waals surface area contributed by atoms with Crippen LogP contribution < -0.4 is 16.3 Å². The lowest BCUT2D eigenvalue weighted by Gasteiger charge is -2.13. The maximum Gasteiger partial charge on any atom is 0.326 e. The normalized spacial score (nSPS) is 13.1. The van der Waals surface area contributed by atoms with Crippen LogP contribution in [-0.4, -0.2) is 45.7 Å². The van der Waals surface area contributed by atoms with Crippen molar-refractivity contribution in [2.24, 2.45) is 0 Å². The van der Waals surface area contributed by atoms with E-state index in [0.29, 0.717) is 41.3 Å². The van der Waals surface area contributed by atoms with E-state index in [1.165, 1.54) is 0 Å². The Balaban J connectivity index is 1.36. The van der Waals surface area contributed by atoms with Gasteiger partial charge in [-0.3, -0.25) is 9.97 Å². The fourth-order valence-electron chi connectivity index (χ4n) is 4.05. The molecule has 180 valence electrons. The average molecular weight is 482 g/mol. The Bertz CT molecular complexity index is 1630. The molecule has 0 bridgehead atoms. The summed E-state index contributed by atoms with van der Waals surface area (Å²) in [7, 11) is 0. The van der Waals surface area contributed by atoms with Crippen molar-refractivity contribution in [3.8, 4) is 17.0 Å². The lowest BCUT2D eigenvalue weighted by Crippen LogP contribution is -2.13. The van der Waals surface area contributed by atoms with Crippen LogP contribution in [0, 0.1) is 0 Å². The fraction of sp³-hybridized carbons (Fsp3) is 0.160. The molecule has 0 radical (unpaired) electrons. The highest BCUT2D eigenvalue weighted by Gasteiger charge is 2.25. The highest BCUT2D eigenvalue weighted by molar-refractivity contribution is 5.85. The first-order chi connectivity index (χ1) is 17.6. The summed E-state index contributed by atoms with van der Waals surface area (Å²) in [5, 5.41) is 21.3. The minimum atomic E-state index is -0.527. The molecule has 0 amide bonds. The second kappa shape index (κ2) is 8.69. The van der Waals surface area contributed by atoms with Gasteiger partial charge in [0.15, 0.2) is 5.65 Å². The molecule has 1 saturated carbocycles. The largest absolute Gasteiger partial charge is 0.493 e. The summed E-state index contributed by atoms with van der Waals surface area (Å²) in [5.41, 5.74) is 4.25. The van der Waals surface area contributed by atoms with Crippen LogP contribution in [-0.2, 0) is 6.54 Å². The van der Waals surface area contributed by atoms with Gasteiger partial charge in [0.05, 0.1) is 6.20 Å². The number of aromatic nitrogens is 7. The standard InChI is InChI=1S/C25H23N9O2/c1-14(20-22(35)32-25(36)30-20)19-13-28-34-21(19)31-23(33-24(34)29-17-8-9-17)27-12-16-5-2-3-7-18(16)15-6-4-10-26-11-15/h2-7,10-11,13,17,35H,1,8-9,12H2,(H2,30,32,36)(H2,27,29,31,33). The van der Waals surface area contributed by atoms with Crippen molar-refractivity contribution in [3.63, 3.8) is 0 Å². The SMILES string of the molecule is C=C(c1[nH]c(=O)[nH]c1O)c1cnn2c(NC3CC3)nc(NCc3ccccc3-c3cccnc3)nc12. The summed E-state index contributed by atoms with van der Waals surface area (Å²) in [4.78, 5) is 30.1. The van der Waals surface area contributed by atoms with E-state index in [9.17, 15) is 9.90 Å². The Morgan fingerprint density at radius 1 is 1.14 bits per heavy atom. The first kappa shape index (κ1) is 21.6. The van der Waals surface area contributed by atoms with E-state index in [1.54, 1.807) is 16.9 Å². The van der Waals surface area contributed by atoms with Crippen LogP contribution in [0.5, 0.6) is 5.88 Å². The molecular formula is C25H23N9O2. The molecule has 1 aromatic carbocycles. The fourth-order valence-corrected chi connectivity index (χ4v) is 4.05. The third-order valence-electron chi connectivity index (χ3n) is 6.04. The molecule has 0 aliphatic heterocycles. The molecule has 0 saturated heterocycles. The molecule has 1 aliphatic carbocycles. The molecule has 5 aromatic rings. The van der Waals surface area contributed by atoms with Gasteiger partial charge in [0.2, 0.25) is 17.8 Å². The van der Waals surface area contributed by atoms with Gasteiger partial charge in [-0.15, -0.1) is 0 Å². The zero-order valence-electron chi connectivity index (χ0n) is 19.2. The van der Waals surface area contributed by atoms with Crippen LogP contribution in [0.2, 0.25) is 0 Å². The molecule has 0 atom stereocenters. The van der Waals surface area contributed by atoms with Gasteiger partial charge < -0.3 is 20.7 Å². The number of aromatic amines is 2. The van der Waals surface area contributed by atoms with Crippen molar-refractivity contribution in [2.45, 2.75) is 25.4 Å². The Hall–Kier alpha value is -4.93. The van der Waals surface area contributed by atoms with Gasteiger partial charge in [-0.1, -0.05) is 36.9 Å². The Labute approximate surface area is 205 Å². The number of H-pyrrole nitrogens is 2. The number of nitrogens with one attached hydrogen (secondary N) is 4. The summed E-state index contributed by atoms with van der Waals surface area (Å²) in [6.45, 7) is 4.54. The van der Waals surface area contributed by atoms with Crippen molar-refractivity contribution < 1.29 is 5.11 Å². The van der Waals surface area contributed by atoms with Crippen molar-refractivity contribution in [2.75, 3.05) is 10.6 Å². The number of hydrogen-bond acceptors (Lipinski definition) is 8. The van der Waals surface area contributed by atoms with Crippen LogP contribution in [0.25, 0.3) is 22.3 Å². The van der Waals surface area contributed by atoms with E-state index >= 15 is 0 Å². The molecule has 36 heavy (non-hydrogen) atoms. The van der Waals surface area contributed by atoms with Crippen molar-refractivity contribution >= 4 is 23.1 Å². The number of imidazole rings is 1. The molecule has 11 nitrogen and oxygen atoms in total. The van der Waals surface area contributed by atoms with Crippen LogP contribution in [0.1, 0.15) is 29.7 Å². The number of fused-ring (bicyclic) bond motifs is 1. The van der Waals surface area contributed by atoms with Gasteiger partial charge in [0.25, 0.3) is 0 Å². The van der Waals surface area contributed by atoms with Gasteiger partial charge in [-0.25, -0.2) is 4.79 Å². The van der Waals surface area contributed by atoms with Crippen LogP contribution in [0.3, 0.4) is 0 Å². The van der Waals surface area contributed by atoms with Crippen LogP contribution >= 0.6 is 0 Å². The smallest absolute Gasteiger partial charge is 0.326 e. The first-order valence-corrected chi connectivity index (χ1v) is 11.5. The molecule has 0 spiro atoms. The maximum absolute atomic E-state index is 11.7. The van der Waals surface area contributed by atoms with Crippen molar-refractivity contribution in [1.29, 1.82) is 0 Å². The van der Waals surface area contributed by atoms with E-state index in [4.69, 9.17) is 4.98 Å². The molecule has 4 heterocycles. The predicted molar refractivity (Wildman–Crippen MR) is 136 cm³/mol. The number of aromatic hydroxyl groups is 1. The molecule has 0 unspecified atom stereocenters. The van der Waals surface area contributed by atoms with E-state index in [-0.39, 0.29) is 11.6 Å². The summed E-state index contributed by atoms with van der Waals surface area (Å²) >= 11 is 0. The predicted octanol–water partition coefficient (Wildman–Crippen LogP) is 3.16. The molecule has 6 rings (SSSR count). The van der Waals surface area contributed by atoms with Gasteiger partial charge in [-0.2, -0.15) is 19.6 Å². The number of anilines is 2. The monoisotopic (exact) mass is 481 g/mol. The van der Waals surface area contributed by atoms with E-state index < -0.39 is 5.69 Å². The third kappa shape index (κ3) is 4.06. The number of rotatable bonds is 8. The molecule has 5 N–H and O–H groups in total. The Morgan fingerprint density at radius 2 is 2.00 bits per heavy atom. The van der Waals surface area contributed by atoms with E-state index in [2.05, 4.69) is 48.3 Å². The summed E-state index contributed by atoms with van der Waals surface area (Å²) in [6, 6.07) is 12.4. The third-order valence-corrected chi connectivity index (χ3v) is 6.04. The molecule has 4 aromatic heterocycles. The lowest BCUT2D eigenvalue weighted by molar-refractivity contribution is 0.454. The van der Waals surface area contributed by atoms with E-state index in [1.807, 2.05) is 36.5 Å². The summed E-state index contributed by atoms with van der Waals surface area (Å²) < 4.78 is 1.61. The molecule has 1 aliphatic rings. The average Bonchev–Trinajstić information content (AvgIpc) is 3.50. The number of hydrogen-bond donors (Lipinski definition) is 5. The first-order valence-electron chi connectivity index (χ1n) is 11.5. The molecule has 1 fully saturated rings. The zero-order chi connectivity index (χ0) is 24.6. The van der Waals surface area contributed by atoms with Crippen molar-refractivity contribution in [1.82, 2.24) is 34.5 Å². The topological polar surface area (TPSA) is 149 Å². The quantitative estimate of drug-likeness (QED) is 0.227. The molecular weight excluding hydrogens is 458 g/mol. The highest BCUT2D eigenvalue weighted by Crippen LogP contribution is 2.30. The van der Waals surface area contributed by atoms with Gasteiger partial charge in [0.1, 0.15) is 5.69 Å². The number of nitrogens with zero attached hydrogens (tertiary/aromatic N) is 5. The second-order valence-electron chi connectivity index (χ2n) is 8.62. The van der Waals surface area contributed by atoms with E-state index in [0.717, 1.165) is 29.5 Å². The van der Waals surface area contributed by atoms with Gasteiger partial charge in [0, 0.05) is 41.7 Å². The summed E-state index contributed by atoms with van der Waals surface area (Å²) in [5.74, 6) is 0.671. The van der Waals surface area contributed by atoms with Gasteiger partial charge >= 0.3 is 5.69 Å². The summed E-state index contributed by atoms with van der Waals surface area (Å²) in [6.07, 6.45) is 7.31. The van der Waals surface area contributed by atoms with Crippen LogP contribution in [0.15, 0.2) is 66.4 Å². The minimum Gasteiger partial charge on any atom is -0.493 e. The second-order valence-corrected chi connectivity index (χ2v) is 8.62. The maximum atomic E-state index is 11.7.